The van der Waals surface area contributed by atoms with Crippen LogP contribution >= 0.6 is 62.6 Å². The molecule has 2 fully saturated rings. The van der Waals surface area contributed by atoms with Crippen LogP contribution in [0, 0.1) is 0 Å². The number of rotatable bonds is 22. The third-order valence-electron chi connectivity index (χ3n) is 8.25. The van der Waals surface area contributed by atoms with Crippen LogP contribution in [0.15, 0.2) is 25.3 Å². The Morgan fingerprint density at radius 2 is 0.725 bits per heavy atom. The minimum atomic E-state index is -6.83. The number of hydrogen-bond acceptors (Lipinski definition) is 31. The molecule has 0 aliphatic carbocycles. The van der Waals surface area contributed by atoms with Gasteiger partial charge in [0.2, 0.25) is 0 Å². The van der Waals surface area contributed by atoms with E-state index in [2.05, 4.69) is 69.1 Å². The molecule has 0 aromatic carbocycles. The molecule has 4 aromatic heterocycles. The SMILES string of the molecule is Nc1ncnc2c1ncn2[C@@H]1O[C@H](COP(=O)(O)OP(=O)(O)OP(=O)(O)OP(=O)(O)OP(=O)(O)OP(=O)(O)OP(=O)(O)OP(=O)(O)OC[C@H]2O[C@@H](n3cnc4c(N)ncnc43)[C@H](O)[C@@H]2O)[C@@H](O)[C@H]1O. The van der Waals surface area contributed by atoms with Crippen LogP contribution in [-0.2, 0) is 85.2 Å². The van der Waals surface area contributed by atoms with Crippen LogP contribution in [-0.4, -0.2) is 148 Å². The molecular formula is C20H32N10O31P8. The van der Waals surface area contributed by atoms with Crippen LogP contribution in [0.2, 0.25) is 0 Å². The van der Waals surface area contributed by atoms with Crippen molar-refractivity contribution in [3.05, 3.63) is 25.3 Å². The molecular weight excluding hydrogens is 1120 g/mol. The molecule has 0 amide bonds. The van der Waals surface area contributed by atoms with E-state index >= 15 is 0 Å². The summed E-state index contributed by atoms with van der Waals surface area (Å²) in [4.78, 5) is 101. The van der Waals surface area contributed by atoms with Gasteiger partial charge in [0.25, 0.3) is 0 Å². The van der Waals surface area contributed by atoms with Crippen LogP contribution in [0.25, 0.3) is 22.3 Å². The third-order valence-corrected chi connectivity index (χ3v) is 20.8. The minimum Gasteiger partial charge on any atom is -0.387 e. The molecule has 6 heterocycles. The smallest absolute Gasteiger partial charge is 0.387 e. The molecule has 2 aliphatic heterocycles. The summed E-state index contributed by atoms with van der Waals surface area (Å²) in [5.74, 6) is -0.180. The van der Waals surface area contributed by atoms with E-state index in [1.165, 1.54) is 0 Å². The number of imidazole rings is 2. The number of ether oxygens (including phenoxy) is 2. The zero-order valence-electron chi connectivity index (χ0n) is 32.8. The van der Waals surface area contributed by atoms with Gasteiger partial charge in [-0.3, -0.25) is 18.2 Å². The van der Waals surface area contributed by atoms with Crippen molar-refractivity contribution in [2.75, 3.05) is 24.7 Å². The van der Waals surface area contributed by atoms with Crippen LogP contribution in [0.5, 0.6) is 0 Å². The van der Waals surface area contributed by atoms with E-state index in [0.29, 0.717) is 0 Å². The van der Waals surface area contributed by atoms with Gasteiger partial charge in [0.1, 0.15) is 60.3 Å². The van der Waals surface area contributed by atoms with Gasteiger partial charge < -0.3 is 80.5 Å². The van der Waals surface area contributed by atoms with E-state index in [1.807, 2.05) is 0 Å². The highest BCUT2D eigenvalue weighted by molar-refractivity contribution is 7.73. The van der Waals surface area contributed by atoms with E-state index in [0.717, 1.165) is 34.4 Å². The monoisotopic (exact) mass is 1160 g/mol. The highest BCUT2D eigenvalue weighted by Gasteiger charge is 2.53. The summed E-state index contributed by atoms with van der Waals surface area (Å²) in [6, 6.07) is 0. The zero-order valence-corrected chi connectivity index (χ0v) is 39.9. The number of aliphatic hydroxyl groups excluding tert-OH is 4. The van der Waals surface area contributed by atoms with Gasteiger partial charge in [-0.2, -0.15) is 30.2 Å². The lowest BCUT2D eigenvalue weighted by atomic mass is 10.1. The summed E-state index contributed by atoms with van der Waals surface area (Å²) >= 11 is 0. The Balaban J connectivity index is 0.977. The highest BCUT2D eigenvalue weighted by Crippen LogP contribution is 2.77. The maximum Gasteiger partial charge on any atom is 0.490 e. The fourth-order valence-electron chi connectivity index (χ4n) is 5.69. The lowest BCUT2D eigenvalue weighted by Gasteiger charge is -2.22. The summed E-state index contributed by atoms with van der Waals surface area (Å²) in [5, 5.41) is 41.8. The van der Waals surface area contributed by atoms with Crippen molar-refractivity contribution in [3.63, 3.8) is 0 Å². The van der Waals surface area contributed by atoms with Gasteiger partial charge in [-0.15, -0.1) is 0 Å². The second kappa shape index (κ2) is 20.1. The molecule has 69 heavy (non-hydrogen) atoms. The first kappa shape index (κ1) is 55.9. The third kappa shape index (κ3) is 14.0. The Morgan fingerprint density at radius 1 is 0.449 bits per heavy atom. The number of nitrogen functional groups attached to an aromatic ring is 2. The number of aromatic nitrogens is 8. The van der Waals surface area contributed by atoms with Gasteiger partial charge in [-0.05, 0) is 0 Å². The number of aliphatic hydroxyl groups is 4. The molecule has 4 aromatic rings. The Kier molecular flexibility index (Phi) is 16.3. The molecule has 0 radical (unpaired) electrons. The van der Waals surface area contributed by atoms with Gasteiger partial charge >= 0.3 is 62.6 Å². The van der Waals surface area contributed by atoms with Crippen LogP contribution in [0.3, 0.4) is 0 Å². The van der Waals surface area contributed by atoms with Crippen molar-refractivity contribution in [3.8, 4) is 0 Å². The van der Waals surface area contributed by atoms with E-state index in [1.54, 1.807) is 0 Å². The van der Waals surface area contributed by atoms with Gasteiger partial charge in [-0.1, -0.05) is 0 Å². The number of anilines is 2. The summed E-state index contributed by atoms with van der Waals surface area (Å²) in [7, 11) is -52.3. The Hall–Kier alpha value is -2.38. The second-order valence-electron chi connectivity index (χ2n) is 13.2. The topological polar surface area (TPSA) is 620 Å². The molecule has 0 bridgehead atoms. The molecule has 2 saturated heterocycles. The van der Waals surface area contributed by atoms with E-state index < -0.39 is 125 Å². The maximum atomic E-state index is 12.4. The minimum absolute atomic E-state index is 0.0108. The lowest BCUT2D eigenvalue weighted by Crippen LogP contribution is -2.33. The maximum absolute atomic E-state index is 12.4. The quantitative estimate of drug-likeness (QED) is 0.0379. The van der Waals surface area contributed by atoms with Gasteiger partial charge in [0.05, 0.1) is 25.9 Å². The van der Waals surface area contributed by atoms with Crippen LogP contribution in [0.1, 0.15) is 12.5 Å². The molecule has 16 N–H and O–H groups in total. The zero-order chi connectivity index (χ0) is 51.5. The molecule has 2 aliphatic rings. The number of nitrogens with zero attached hydrogens (tertiary/aromatic N) is 8. The van der Waals surface area contributed by atoms with Crippen molar-refractivity contribution in [2.45, 2.75) is 49.1 Å². The highest BCUT2D eigenvalue weighted by atomic mass is 31.3. The normalized spacial score (nSPS) is 30.3. The summed E-state index contributed by atoms with van der Waals surface area (Å²) in [6.07, 6.45) is -9.94. The summed E-state index contributed by atoms with van der Waals surface area (Å²) < 4.78 is 145. The Morgan fingerprint density at radius 3 is 1.01 bits per heavy atom. The predicted octanol–water partition coefficient (Wildman–Crippen LogP) is -1.98. The van der Waals surface area contributed by atoms with Gasteiger partial charge in [-0.25, -0.2) is 66.4 Å². The fraction of sp³-hybridized carbons (Fsp3) is 0.500. The predicted molar refractivity (Wildman–Crippen MR) is 209 cm³/mol. The number of phosphoric acid groups is 8. The summed E-state index contributed by atoms with van der Waals surface area (Å²) in [6.45, 7) is -2.55. The van der Waals surface area contributed by atoms with E-state index in [-0.39, 0.29) is 34.0 Å². The van der Waals surface area contributed by atoms with E-state index in [9.17, 15) is 96.1 Å². The number of phosphoric ester groups is 2. The van der Waals surface area contributed by atoms with Crippen molar-refractivity contribution in [1.82, 2.24) is 39.0 Å². The molecule has 8 unspecified atom stereocenters. The number of nitrogens with two attached hydrogens (primary N) is 2. The average molecular weight is 1160 g/mol. The van der Waals surface area contributed by atoms with Gasteiger partial charge in [0.15, 0.2) is 35.4 Å². The largest absolute Gasteiger partial charge is 0.490 e. The van der Waals surface area contributed by atoms with E-state index in [4.69, 9.17) is 20.9 Å². The number of hydrogen-bond donors (Lipinski definition) is 14. The Bertz CT molecular complexity index is 2780. The molecule has 49 heteroatoms. The molecule has 41 nitrogen and oxygen atoms in total. The lowest BCUT2D eigenvalue weighted by molar-refractivity contribution is -0.0503. The van der Waals surface area contributed by atoms with Crippen molar-refractivity contribution in [1.29, 1.82) is 0 Å². The standard InChI is InChI=1S/C20H32N10O31P8/c21-15-9-17(25-3-23-15)29(5-27-9)19-13(33)11(31)7(53-19)1-51-62(35,36)55-64(39,40)57-66(43,44)59-68(47,48)61-69(49,50)60-67(45,46)58-65(41,42)56-63(37,38)52-2-8-12(32)14(34)20(54-8)30-6-28-10-16(22)24-4-26-18(10)30/h3-8,11-14,19-20,31-34H,1-2H2,(H,35,36)(H,37,38)(H,39,40)(H,41,42)(H,43,44)(H,45,46)(H,47,48)(H,49,50)(H2,21,23,25)(H2,22,24,26)/t7-,8-,11-,12-,13-,14-,19-,20-/m1/s1. The van der Waals surface area contributed by atoms with Crippen molar-refractivity contribution < 1.29 is 145 Å². The Labute approximate surface area is 379 Å². The molecule has 6 rings (SSSR count). The first-order valence-electron chi connectivity index (χ1n) is 17.3. The fourth-order valence-corrected chi connectivity index (χ4v) is 16.4. The summed E-state index contributed by atoms with van der Waals surface area (Å²) in [5.41, 5.74) is 11.4. The van der Waals surface area contributed by atoms with Crippen molar-refractivity contribution in [2.24, 2.45) is 0 Å². The second-order valence-corrected chi connectivity index (χ2v) is 25.8. The molecule has 16 atom stereocenters. The van der Waals surface area contributed by atoms with Crippen LogP contribution < -0.4 is 11.5 Å². The molecule has 388 valence electrons. The van der Waals surface area contributed by atoms with Gasteiger partial charge in [0, 0.05) is 0 Å². The number of fused-ring (bicyclic) bond motifs is 2. The first-order chi connectivity index (χ1) is 31.5. The van der Waals surface area contributed by atoms with Crippen molar-refractivity contribution >= 4 is 96.5 Å². The average Bonchev–Trinajstić information content (AvgIpc) is 3.92. The molecule has 0 saturated carbocycles. The molecule has 0 spiro atoms. The van der Waals surface area contributed by atoms with Crippen LogP contribution in [0.4, 0.5) is 11.6 Å². The first-order valence-corrected chi connectivity index (χ1v) is 29.3.